The maximum absolute atomic E-state index is 15.3. The van der Waals surface area contributed by atoms with Gasteiger partial charge in [-0.1, -0.05) is 176 Å². The van der Waals surface area contributed by atoms with E-state index in [2.05, 4.69) is 21.5 Å². The molecule has 8 nitrogen and oxygen atoms in total. The van der Waals surface area contributed by atoms with Gasteiger partial charge in [-0.15, -0.1) is 0 Å². The number of unbranched alkanes of at least 4 members (excludes halogenated alkanes) is 14. The molecule has 0 unspecified atom stereocenters. The summed E-state index contributed by atoms with van der Waals surface area (Å²) in [6.07, 6.45) is 18.0. The Balaban J connectivity index is 1.18. The molecule has 2 aliphatic rings. The summed E-state index contributed by atoms with van der Waals surface area (Å²) >= 11 is 0. The van der Waals surface area contributed by atoms with Crippen molar-refractivity contribution in [3.8, 4) is 44.5 Å². The molecule has 0 fully saturated rings. The molecule has 0 atom stereocenters. The second-order valence-corrected chi connectivity index (χ2v) is 19.2. The SMILES string of the molecule is [C-]#[N+]c1ccc(-c2ccc3c(c2)-c2c(-c4ccc([N+]#[C-])cc4)cc4c5c(cc(-c6ccc([N+]#[C-])cc6)c(c25)S3(=O)=O)C(=O)N(CCCCCCCCCCCCCCCCC)C4=O)cc1. The number of imide groups is 1. The Morgan fingerprint density at radius 2 is 0.862 bits per heavy atom. The van der Waals surface area contributed by atoms with Crippen LogP contribution in [0.5, 0.6) is 0 Å². The molecule has 326 valence electrons. The van der Waals surface area contributed by atoms with Crippen LogP contribution in [0, 0.1) is 19.7 Å². The zero-order valence-corrected chi connectivity index (χ0v) is 37.8. The Labute approximate surface area is 383 Å². The van der Waals surface area contributed by atoms with Gasteiger partial charge in [0.25, 0.3) is 11.8 Å². The van der Waals surface area contributed by atoms with Crippen molar-refractivity contribution in [3.63, 3.8) is 0 Å². The molecule has 0 radical (unpaired) electrons. The van der Waals surface area contributed by atoms with E-state index in [1.54, 1.807) is 72.8 Å². The van der Waals surface area contributed by atoms with E-state index in [0.29, 0.717) is 67.6 Å². The first-order chi connectivity index (χ1) is 31.7. The van der Waals surface area contributed by atoms with E-state index in [1.165, 1.54) is 75.5 Å². The third-order valence-electron chi connectivity index (χ3n) is 13.0. The number of amides is 2. The third kappa shape index (κ3) is 8.97. The van der Waals surface area contributed by atoms with Gasteiger partial charge in [-0.3, -0.25) is 14.5 Å². The molecule has 0 aliphatic carbocycles. The number of hydrogen-bond donors (Lipinski definition) is 0. The van der Waals surface area contributed by atoms with Crippen LogP contribution in [0.1, 0.15) is 124 Å². The van der Waals surface area contributed by atoms with Crippen molar-refractivity contribution in [3.05, 3.63) is 149 Å². The van der Waals surface area contributed by atoms with Gasteiger partial charge in [0.05, 0.1) is 29.5 Å². The predicted octanol–water partition coefficient (Wildman–Crippen LogP) is 15.8. The van der Waals surface area contributed by atoms with Crippen molar-refractivity contribution >= 4 is 49.5 Å². The van der Waals surface area contributed by atoms with E-state index >= 15 is 8.42 Å². The maximum Gasteiger partial charge on any atom is 0.261 e. The Hall–Kier alpha value is -6.86. The smallest absolute Gasteiger partial charge is 0.261 e. The van der Waals surface area contributed by atoms with Crippen molar-refractivity contribution in [2.45, 2.75) is 113 Å². The molecule has 6 aromatic carbocycles. The number of rotatable bonds is 19. The fourth-order valence-electron chi connectivity index (χ4n) is 9.58. The standard InChI is InChI=1S/C56H52N4O4S/c1-5-6-7-8-9-10-11-12-13-14-15-16-17-18-19-34-60-55(61)48-36-45(39-22-29-43(58-3)30-23-39)51-47-35-41(38-20-27-42(57-2)28-21-38)26-33-50(47)65(63,64)54-46(40-24-31-44(59-4)32-25-40)37-49(56(60)62)52(48)53(51)54/h20-33,35-37H,5-19,34H2,1H3. The van der Waals surface area contributed by atoms with Crippen LogP contribution in [0.15, 0.2) is 113 Å². The normalized spacial score (nSPS) is 13.3. The quantitative estimate of drug-likeness (QED) is 0.0460. The van der Waals surface area contributed by atoms with Gasteiger partial charge in [-0.25, -0.2) is 23.0 Å². The lowest BCUT2D eigenvalue weighted by Crippen LogP contribution is -2.41. The first kappa shape index (κ1) is 44.7. The van der Waals surface area contributed by atoms with E-state index in [-0.39, 0.29) is 27.5 Å². The molecule has 0 spiro atoms. The molecule has 2 aliphatic heterocycles. The van der Waals surface area contributed by atoms with Crippen LogP contribution in [0.3, 0.4) is 0 Å². The Morgan fingerprint density at radius 3 is 1.34 bits per heavy atom. The largest absolute Gasteiger partial charge is 0.274 e. The number of sulfone groups is 1. The van der Waals surface area contributed by atoms with Crippen molar-refractivity contribution in [2.24, 2.45) is 0 Å². The summed E-state index contributed by atoms with van der Waals surface area (Å²) in [5.41, 5.74) is 6.43. The van der Waals surface area contributed by atoms with Gasteiger partial charge in [0, 0.05) is 45.1 Å². The molecular weight excluding hydrogens is 825 g/mol. The minimum Gasteiger partial charge on any atom is -0.274 e. The van der Waals surface area contributed by atoms with Gasteiger partial charge >= 0.3 is 0 Å². The van der Waals surface area contributed by atoms with Crippen LogP contribution in [0.2, 0.25) is 0 Å². The number of hydrogen-bond acceptors (Lipinski definition) is 4. The van der Waals surface area contributed by atoms with Gasteiger partial charge in [-0.2, -0.15) is 0 Å². The lowest BCUT2D eigenvalue weighted by atomic mass is 9.81. The highest BCUT2D eigenvalue weighted by Gasteiger charge is 2.42. The fourth-order valence-corrected chi connectivity index (χ4v) is 11.4. The monoisotopic (exact) mass is 876 g/mol. The molecular formula is C56H52N4O4S. The molecule has 8 rings (SSSR count). The lowest BCUT2D eigenvalue weighted by Gasteiger charge is -2.33. The molecule has 0 N–H and O–H groups in total. The minimum atomic E-state index is -4.30. The average molecular weight is 877 g/mol. The summed E-state index contributed by atoms with van der Waals surface area (Å²) in [6.45, 7) is 25.1. The van der Waals surface area contributed by atoms with E-state index in [1.807, 2.05) is 30.3 Å². The molecule has 2 amide bonds. The van der Waals surface area contributed by atoms with Gasteiger partial charge < -0.3 is 0 Å². The van der Waals surface area contributed by atoms with Crippen molar-refractivity contribution < 1.29 is 18.0 Å². The summed E-state index contributed by atoms with van der Waals surface area (Å²) in [6, 6.07) is 29.4. The van der Waals surface area contributed by atoms with Crippen LogP contribution in [0.25, 0.3) is 69.8 Å². The third-order valence-corrected chi connectivity index (χ3v) is 14.9. The number of nitrogens with zero attached hydrogens (tertiary/aromatic N) is 4. The van der Waals surface area contributed by atoms with Gasteiger partial charge in [0.2, 0.25) is 9.84 Å². The average Bonchev–Trinajstić information content (AvgIpc) is 3.34. The molecule has 2 heterocycles. The highest BCUT2D eigenvalue weighted by molar-refractivity contribution is 7.92. The molecule has 0 aromatic heterocycles. The number of carbonyl (C=O) groups is 2. The zero-order valence-electron chi connectivity index (χ0n) is 37.0. The fraction of sp³-hybridized carbons (Fsp3) is 0.304. The number of fused-ring (bicyclic) bond motifs is 2. The van der Waals surface area contributed by atoms with Gasteiger partial charge in [0.15, 0.2) is 17.1 Å². The Bertz CT molecular complexity index is 3000. The molecule has 0 saturated carbocycles. The summed E-state index contributed by atoms with van der Waals surface area (Å²) in [5.74, 6) is -0.925. The second-order valence-electron chi connectivity index (χ2n) is 17.3. The lowest BCUT2D eigenvalue weighted by molar-refractivity contribution is 0.0607. The molecule has 0 bridgehead atoms. The van der Waals surface area contributed by atoms with E-state index in [0.717, 1.165) is 30.4 Å². The summed E-state index contributed by atoms with van der Waals surface area (Å²) in [4.78, 5) is 41.7. The Morgan fingerprint density at radius 1 is 0.446 bits per heavy atom. The summed E-state index contributed by atoms with van der Waals surface area (Å²) in [5, 5.41) is 0.608. The molecule has 65 heavy (non-hydrogen) atoms. The van der Waals surface area contributed by atoms with Gasteiger partial charge in [0.1, 0.15) is 0 Å². The molecule has 0 saturated heterocycles. The second kappa shape index (κ2) is 19.9. The highest BCUT2D eigenvalue weighted by Crippen LogP contribution is 2.55. The van der Waals surface area contributed by atoms with Crippen LogP contribution in [-0.2, 0) is 9.84 Å². The number of benzene rings is 6. The van der Waals surface area contributed by atoms with Crippen molar-refractivity contribution in [2.75, 3.05) is 6.54 Å². The zero-order chi connectivity index (χ0) is 45.5. The van der Waals surface area contributed by atoms with E-state index in [9.17, 15) is 9.59 Å². The van der Waals surface area contributed by atoms with E-state index in [4.69, 9.17) is 19.7 Å². The van der Waals surface area contributed by atoms with E-state index < -0.39 is 21.7 Å². The van der Waals surface area contributed by atoms with Crippen LogP contribution < -0.4 is 0 Å². The maximum atomic E-state index is 15.3. The highest BCUT2D eigenvalue weighted by atomic mass is 32.2. The summed E-state index contributed by atoms with van der Waals surface area (Å²) < 4.78 is 30.6. The Kier molecular flexibility index (Phi) is 13.7. The predicted molar refractivity (Wildman–Crippen MR) is 260 cm³/mol. The van der Waals surface area contributed by atoms with Gasteiger partial charge in [-0.05, 0) is 58.5 Å². The molecule has 6 aromatic rings. The summed E-state index contributed by atoms with van der Waals surface area (Å²) in [7, 11) is -4.30. The first-order valence-electron chi connectivity index (χ1n) is 23.1. The number of carbonyl (C=O) groups excluding carboxylic acids is 2. The van der Waals surface area contributed by atoms with Crippen LogP contribution in [0.4, 0.5) is 17.1 Å². The van der Waals surface area contributed by atoms with Crippen LogP contribution >= 0.6 is 0 Å². The topological polar surface area (TPSA) is 84.6 Å². The van der Waals surface area contributed by atoms with Crippen molar-refractivity contribution in [1.82, 2.24) is 4.90 Å². The molecule has 9 heteroatoms. The minimum absolute atomic E-state index is 0.000750. The van der Waals surface area contributed by atoms with Crippen molar-refractivity contribution in [1.29, 1.82) is 0 Å². The van der Waals surface area contributed by atoms with Crippen LogP contribution in [-0.4, -0.2) is 31.7 Å². The first-order valence-corrected chi connectivity index (χ1v) is 24.6.